The molecule has 0 fully saturated rings. The summed E-state index contributed by atoms with van der Waals surface area (Å²) in [5, 5.41) is 3.48. The number of hydrogen-bond donors (Lipinski definition) is 1. The standard InChI is InChI=1S/C19H17Cl2NO5/c1-11(18(23)22-10-12-4-2-3-5-14(12)20)27-19(24)13-8-15(21)17-16(9-13)25-6-7-26-17/h2-5,8-9,11H,6-7,10H2,1H3,(H,22,23)/t11-/m1/s1. The first kappa shape index (κ1) is 19.3. The van der Waals surface area contributed by atoms with Gasteiger partial charge in [-0.25, -0.2) is 4.79 Å². The lowest BCUT2D eigenvalue weighted by atomic mass is 10.2. The SMILES string of the molecule is C[C@@H](OC(=O)c1cc(Cl)c2c(c1)OCCO2)C(=O)NCc1ccccc1Cl. The zero-order valence-corrected chi connectivity index (χ0v) is 16.0. The van der Waals surface area contributed by atoms with E-state index >= 15 is 0 Å². The van der Waals surface area contributed by atoms with Crippen LogP contribution in [0.2, 0.25) is 10.0 Å². The van der Waals surface area contributed by atoms with Crippen LogP contribution in [0, 0.1) is 0 Å². The molecule has 1 heterocycles. The molecule has 1 amide bonds. The van der Waals surface area contributed by atoms with Crippen LogP contribution >= 0.6 is 23.2 Å². The maximum Gasteiger partial charge on any atom is 0.339 e. The van der Waals surface area contributed by atoms with Gasteiger partial charge in [-0.05, 0) is 30.7 Å². The number of esters is 1. The summed E-state index contributed by atoms with van der Waals surface area (Å²) in [6.45, 7) is 2.47. The first-order valence-corrected chi connectivity index (χ1v) is 9.02. The Hall–Kier alpha value is -2.44. The van der Waals surface area contributed by atoms with Crippen LogP contribution in [-0.2, 0) is 16.1 Å². The van der Waals surface area contributed by atoms with Crippen LogP contribution in [0.1, 0.15) is 22.8 Å². The molecule has 2 aromatic rings. The first-order valence-electron chi connectivity index (χ1n) is 8.27. The van der Waals surface area contributed by atoms with Crippen LogP contribution in [0.3, 0.4) is 0 Å². The second kappa shape index (κ2) is 8.50. The highest BCUT2D eigenvalue weighted by Crippen LogP contribution is 2.38. The van der Waals surface area contributed by atoms with Crippen LogP contribution in [0.4, 0.5) is 0 Å². The van der Waals surface area contributed by atoms with E-state index in [0.717, 1.165) is 5.56 Å². The Morgan fingerprint density at radius 2 is 1.89 bits per heavy atom. The van der Waals surface area contributed by atoms with Crippen molar-refractivity contribution in [2.75, 3.05) is 13.2 Å². The number of nitrogens with one attached hydrogen (secondary N) is 1. The fourth-order valence-corrected chi connectivity index (χ4v) is 2.95. The zero-order valence-electron chi connectivity index (χ0n) is 14.5. The minimum Gasteiger partial charge on any atom is -0.486 e. The van der Waals surface area contributed by atoms with Gasteiger partial charge in [0.2, 0.25) is 0 Å². The Labute approximate surface area is 166 Å². The molecule has 0 bridgehead atoms. The largest absolute Gasteiger partial charge is 0.486 e. The monoisotopic (exact) mass is 409 g/mol. The predicted molar refractivity (Wildman–Crippen MR) is 101 cm³/mol. The Balaban J connectivity index is 1.61. The summed E-state index contributed by atoms with van der Waals surface area (Å²) in [6.07, 6.45) is -0.994. The Bertz CT molecular complexity index is 871. The average molecular weight is 410 g/mol. The van der Waals surface area contributed by atoms with Crippen molar-refractivity contribution in [2.24, 2.45) is 0 Å². The van der Waals surface area contributed by atoms with Gasteiger partial charge in [-0.2, -0.15) is 0 Å². The normalized spacial score (nSPS) is 13.6. The van der Waals surface area contributed by atoms with E-state index in [1.807, 2.05) is 6.07 Å². The molecule has 1 aliphatic heterocycles. The lowest BCUT2D eigenvalue weighted by Gasteiger charge is -2.20. The van der Waals surface area contributed by atoms with Gasteiger partial charge in [-0.1, -0.05) is 41.4 Å². The molecule has 8 heteroatoms. The van der Waals surface area contributed by atoms with Gasteiger partial charge in [-0.15, -0.1) is 0 Å². The number of ether oxygens (including phenoxy) is 3. The van der Waals surface area contributed by atoms with Crippen molar-refractivity contribution in [2.45, 2.75) is 19.6 Å². The van der Waals surface area contributed by atoms with Gasteiger partial charge in [0.15, 0.2) is 17.6 Å². The number of carbonyl (C=O) groups is 2. The lowest BCUT2D eigenvalue weighted by Crippen LogP contribution is -2.35. The molecule has 27 heavy (non-hydrogen) atoms. The van der Waals surface area contributed by atoms with Crippen LogP contribution in [0.15, 0.2) is 36.4 Å². The smallest absolute Gasteiger partial charge is 0.339 e. The number of fused-ring (bicyclic) bond motifs is 1. The highest BCUT2D eigenvalue weighted by molar-refractivity contribution is 6.32. The summed E-state index contributed by atoms with van der Waals surface area (Å²) in [5.41, 5.74) is 0.944. The molecular formula is C19H17Cl2NO5. The molecule has 3 rings (SSSR count). The van der Waals surface area contributed by atoms with Crippen molar-refractivity contribution in [1.82, 2.24) is 5.32 Å². The summed E-state index contributed by atoms with van der Waals surface area (Å²) in [4.78, 5) is 24.5. The fraction of sp³-hybridized carbons (Fsp3) is 0.263. The highest BCUT2D eigenvalue weighted by atomic mass is 35.5. The summed E-state index contributed by atoms with van der Waals surface area (Å²) < 4.78 is 16.1. The van der Waals surface area contributed by atoms with Crippen molar-refractivity contribution in [3.05, 3.63) is 57.6 Å². The molecule has 0 radical (unpaired) electrons. The number of carbonyl (C=O) groups excluding carboxylic acids is 2. The predicted octanol–water partition coefficient (Wildman–Crippen LogP) is 3.63. The Morgan fingerprint density at radius 3 is 2.67 bits per heavy atom. The van der Waals surface area contributed by atoms with Crippen LogP contribution in [0.5, 0.6) is 11.5 Å². The van der Waals surface area contributed by atoms with E-state index < -0.39 is 18.0 Å². The maximum absolute atomic E-state index is 12.3. The van der Waals surface area contributed by atoms with Crippen molar-refractivity contribution in [3.63, 3.8) is 0 Å². The molecule has 0 saturated heterocycles. The highest BCUT2D eigenvalue weighted by Gasteiger charge is 2.23. The molecule has 0 aliphatic carbocycles. The third kappa shape index (κ3) is 4.64. The van der Waals surface area contributed by atoms with Gasteiger partial charge in [0.1, 0.15) is 13.2 Å². The number of hydrogen-bond acceptors (Lipinski definition) is 5. The van der Waals surface area contributed by atoms with E-state index in [1.54, 1.807) is 18.2 Å². The molecule has 0 spiro atoms. The van der Waals surface area contributed by atoms with E-state index in [0.29, 0.717) is 29.7 Å². The van der Waals surface area contributed by atoms with Crippen molar-refractivity contribution in [1.29, 1.82) is 0 Å². The second-order valence-electron chi connectivity index (χ2n) is 5.84. The van der Waals surface area contributed by atoms with Crippen molar-refractivity contribution in [3.8, 4) is 11.5 Å². The lowest BCUT2D eigenvalue weighted by molar-refractivity contribution is -0.129. The van der Waals surface area contributed by atoms with Gasteiger partial charge in [0, 0.05) is 11.6 Å². The third-order valence-electron chi connectivity index (χ3n) is 3.90. The number of halogens is 2. The number of amides is 1. The molecule has 142 valence electrons. The molecule has 0 aromatic heterocycles. The topological polar surface area (TPSA) is 73.9 Å². The van der Waals surface area contributed by atoms with Gasteiger partial charge in [0.25, 0.3) is 5.91 Å². The third-order valence-corrected chi connectivity index (χ3v) is 4.55. The van der Waals surface area contributed by atoms with Crippen LogP contribution < -0.4 is 14.8 Å². The molecule has 1 N–H and O–H groups in total. The molecule has 0 saturated carbocycles. The van der Waals surface area contributed by atoms with Crippen molar-refractivity contribution < 1.29 is 23.8 Å². The Kier molecular flexibility index (Phi) is 6.08. The summed E-state index contributed by atoms with van der Waals surface area (Å²) in [6, 6.07) is 10.1. The van der Waals surface area contributed by atoms with E-state index in [1.165, 1.54) is 19.1 Å². The Morgan fingerprint density at radius 1 is 1.15 bits per heavy atom. The van der Waals surface area contributed by atoms with Gasteiger partial charge < -0.3 is 19.5 Å². The average Bonchev–Trinajstić information content (AvgIpc) is 2.67. The van der Waals surface area contributed by atoms with E-state index in [9.17, 15) is 9.59 Å². The maximum atomic E-state index is 12.3. The molecular weight excluding hydrogens is 393 g/mol. The van der Waals surface area contributed by atoms with E-state index in [4.69, 9.17) is 37.4 Å². The first-order chi connectivity index (χ1) is 13.0. The fourth-order valence-electron chi connectivity index (χ4n) is 2.48. The van der Waals surface area contributed by atoms with E-state index in [2.05, 4.69) is 5.32 Å². The van der Waals surface area contributed by atoms with Crippen molar-refractivity contribution >= 4 is 35.1 Å². The van der Waals surface area contributed by atoms with Gasteiger partial charge in [0.05, 0.1) is 10.6 Å². The second-order valence-corrected chi connectivity index (χ2v) is 6.65. The minimum atomic E-state index is -0.994. The molecule has 1 aliphatic rings. The number of benzene rings is 2. The zero-order chi connectivity index (χ0) is 19.4. The summed E-state index contributed by atoms with van der Waals surface area (Å²) in [7, 11) is 0. The quantitative estimate of drug-likeness (QED) is 0.763. The summed E-state index contributed by atoms with van der Waals surface area (Å²) in [5.74, 6) is -0.359. The van der Waals surface area contributed by atoms with E-state index in [-0.39, 0.29) is 17.1 Å². The van der Waals surface area contributed by atoms with Crippen LogP contribution in [-0.4, -0.2) is 31.2 Å². The molecule has 1 atom stereocenters. The number of rotatable bonds is 5. The van der Waals surface area contributed by atoms with Crippen LogP contribution in [0.25, 0.3) is 0 Å². The minimum absolute atomic E-state index is 0.176. The summed E-state index contributed by atoms with van der Waals surface area (Å²) >= 11 is 12.2. The molecule has 2 aromatic carbocycles. The molecule has 6 nitrogen and oxygen atoms in total. The van der Waals surface area contributed by atoms with Gasteiger partial charge >= 0.3 is 5.97 Å². The van der Waals surface area contributed by atoms with Gasteiger partial charge in [-0.3, -0.25) is 4.79 Å². The molecule has 0 unspecified atom stereocenters.